The van der Waals surface area contributed by atoms with E-state index in [1.807, 2.05) is 26.2 Å². The molecule has 1 aromatic heterocycles. The molecule has 0 aliphatic rings. The molecule has 0 aliphatic carbocycles. The van der Waals surface area contributed by atoms with Crippen LogP contribution in [0.3, 0.4) is 0 Å². The van der Waals surface area contributed by atoms with Gasteiger partial charge in [0.15, 0.2) is 0 Å². The van der Waals surface area contributed by atoms with Crippen molar-refractivity contribution < 1.29 is 4.79 Å². The molecule has 0 aromatic carbocycles. The first-order chi connectivity index (χ1) is 7.41. The largest absolute Gasteiger partial charge is 0.347 e. The highest BCUT2D eigenvalue weighted by molar-refractivity contribution is 7.09. The number of aryl methyl sites for hydroxylation is 1. The summed E-state index contributed by atoms with van der Waals surface area (Å²) in [6, 6.07) is -0.0872. The molecule has 0 saturated carbocycles. The molecule has 1 N–H and O–H groups in total. The van der Waals surface area contributed by atoms with Crippen LogP contribution in [0.1, 0.15) is 30.6 Å². The number of hydrogen-bond acceptors (Lipinski definition) is 4. The molecule has 2 unspecified atom stereocenters. The maximum absolute atomic E-state index is 11.7. The summed E-state index contributed by atoms with van der Waals surface area (Å²) in [4.78, 5) is 17.7. The molecule has 1 rings (SSSR count). The van der Waals surface area contributed by atoms with Crippen LogP contribution in [0, 0.1) is 6.92 Å². The summed E-state index contributed by atoms with van der Waals surface area (Å²) < 4.78 is 0. The fraction of sp³-hybridized carbons (Fsp3) is 0.636. The zero-order valence-electron chi connectivity index (χ0n) is 10.4. The lowest BCUT2D eigenvalue weighted by Crippen LogP contribution is -2.42. The fourth-order valence-corrected chi connectivity index (χ4v) is 2.20. The van der Waals surface area contributed by atoms with Crippen LogP contribution in [0.15, 0.2) is 5.38 Å². The van der Waals surface area contributed by atoms with Crippen molar-refractivity contribution in [3.8, 4) is 0 Å². The normalized spacial score (nSPS) is 14.6. The first kappa shape index (κ1) is 13.1. The van der Waals surface area contributed by atoms with Crippen molar-refractivity contribution in [3.05, 3.63) is 16.1 Å². The van der Waals surface area contributed by atoms with Gasteiger partial charge in [0, 0.05) is 25.5 Å². The number of amides is 1. The molecule has 1 aromatic rings. The summed E-state index contributed by atoms with van der Waals surface area (Å²) in [5, 5.41) is 6.32. The summed E-state index contributed by atoms with van der Waals surface area (Å²) in [7, 11) is 3.52. The van der Waals surface area contributed by atoms with Crippen molar-refractivity contribution in [2.45, 2.75) is 32.9 Å². The molecule has 2 atom stereocenters. The van der Waals surface area contributed by atoms with E-state index in [0.717, 1.165) is 10.7 Å². The van der Waals surface area contributed by atoms with Gasteiger partial charge in [-0.2, -0.15) is 0 Å². The van der Waals surface area contributed by atoms with Gasteiger partial charge < -0.3 is 4.90 Å². The van der Waals surface area contributed by atoms with E-state index in [1.54, 1.807) is 30.3 Å². The van der Waals surface area contributed by atoms with Crippen molar-refractivity contribution in [2.24, 2.45) is 0 Å². The minimum atomic E-state index is -0.188. The summed E-state index contributed by atoms with van der Waals surface area (Å²) in [6.07, 6.45) is 0. The minimum Gasteiger partial charge on any atom is -0.347 e. The maximum atomic E-state index is 11.7. The Bertz CT molecular complexity index is 362. The van der Waals surface area contributed by atoms with E-state index in [4.69, 9.17) is 0 Å². The lowest BCUT2D eigenvalue weighted by Gasteiger charge is -2.21. The third-order valence-corrected chi connectivity index (χ3v) is 3.18. The predicted molar refractivity (Wildman–Crippen MR) is 66.6 cm³/mol. The van der Waals surface area contributed by atoms with Crippen molar-refractivity contribution in [2.75, 3.05) is 14.1 Å². The number of carbonyl (C=O) groups is 1. The van der Waals surface area contributed by atoms with Crippen molar-refractivity contribution in [1.29, 1.82) is 0 Å². The molecule has 0 fully saturated rings. The lowest BCUT2D eigenvalue weighted by atomic mass is 10.2. The second-order valence-electron chi connectivity index (χ2n) is 4.13. The lowest BCUT2D eigenvalue weighted by molar-refractivity contribution is -0.130. The Kier molecular flexibility index (Phi) is 4.44. The number of hydrogen-bond donors (Lipinski definition) is 1. The molecule has 0 radical (unpaired) electrons. The summed E-state index contributed by atoms with van der Waals surface area (Å²) in [5.74, 6) is 0.0822. The molecule has 0 aliphatic heterocycles. The third kappa shape index (κ3) is 3.28. The van der Waals surface area contributed by atoms with Gasteiger partial charge >= 0.3 is 0 Å². The maximum Gasteiger partial charge on any atom is 0.238 e. The number of aromatic nitrogens is 1. The van der Waals surface area contributed by atoms with E-state index in [2.05, 4.69) is 10.3 Å². The molecule has 90 valence electrons. The Labute approximate surface area is 101 Å². The Balaban J connectivity index is 2.58. The Morgan fingerprint density at radius 2 is 2.12 bits per heavy atom. The Morgan fingerprint density at radius 3 is 2.56 bits per heavy atom. The highest BCUT2D eigenvalue weighted by atomic mass is 32.1. The van der Waals surface area contributed by atoms with Gasteiger partial charge in [-0.25, -0.2) is 4.98 Å². The third-order valence-electron chi connectivity index (χ3n) is 2.39. The Morgan fingerprint density at radius 1 is 1.50 bits per heavy atom. The topological polar surface area (TPSA) is 45.2 Å². The van der Waals surface area contributed by atoms with Gasteiger partial charge in [-0.1, -0.05) is 0 Å². The molecular weight excluding hydrogens is 222 g/mol. The Hall–Kier alpha value is -0.940. The quantitative estimate of drug-likeness (QED) is 0.870. The van der Waals surface area contributed by atoms with Crippen molar-refractivity contribution >= 4 is 17.2 Å². The molecule has 4 nitrogen and oxygen atoms in total. The predicted octanol–water partition coefficient (Wildman–Crippen LogP) is 1.58. The second-order valence-corrected chi connectivity index (χ2v) is 5.20. The first-order valence-corrected chi connectivity index (χ1v) is 6.19. The van der Waals surface area contributed by atoms with E-state index in [1.165, 1.54) is 0 Å². The monoisotopic (exact) mass is 241 g/mol. The summed E-state index contributed by atoms with van der Waals surface area (Å²) >= 11 is 1.63. The average Bonchev–Trinajstić information content (AvgIpc) is 2.63. The van der Waals surface area contributed by atoms with Gasteiger partial charge in [0.2, 0.25) is 5.91 Å². The molecule has 0 saturated heterocycles. The van der Waals surface area contributed by atoms with E-state index in [-0.39, 0.29) is 18.0 Å². The van der Waals surface area contributed by atoms with Crippen LogP contribution in [0.2, 0.25) is 0 Å². The fourth-order valence-electron chi connectivity index (χ4n) is 1.50. The average molecular weight is 241 g/mol. The van der Waals surface area contributed by atoms with Crippen LogP contribution < -0.4 is 5.32 Å². The zero-order valence-corrected chi connectivity index (χ0v) is 11.3. The van der Waals surface area contributed by atoms with Gasteiger partial charge in [-0.05, 0) is 20.8 Å². The van der Waals surface area contributed by atoms with E-state index in [9.17, 15) is 4.79 Å². The molecular formula is C11H19N3OS. The highest BCUT2D eigenvalue weighted by Crippen LogP contribution is 2.16. The molecule has 0 bridgehead atoms. The van der Waals surface area contributed by atoms with Crippen LogP contribution >= 0.6 is 11.3 Å². The summed E-state index contributed by atoms with van der Waals surface area (Å²) in [5.41, 5.74) is 1.00. The number of rotatable bonds is 4. The minimum absolute atomic E-state index is 0.0822. The molecule has 0 spiro atoms. The molecule has 5 heteroatoms. The number of carbonyl (C=O) groups excluding carboxylic acids is 1. The SMILES string of the molecule is Cc1nc(C(C)NC(C)C(=O)N(C)C)cs1. The van der Waals surface area contributed by atoms with E-state index < -0.39 is 0 Å². The van der Waals surface area contributed by atoms with Gasteiger partial charge in [-0.3, -0.25) is 10.1 Å². The number of nitrogens with one attached hydrogen (secondary N) is 1. The standard InChI is InChI=1S/C11H19N3OS/c1-7(10-6-16-9(3)13-10)12-8(2)11(15)14(4)5/h6-8,12H,1-5H3. The van der Waals surface area contributed by atoms with Crippen LogP contribution in [0.5, 0.6) is 0 Å². The van der Waals surface area contributed by atoms with Gasteiger partial charge in [-0.15, -0.1) is 11.3 Å². The number of thiazole rings is 1. The zero-order chi connectivity index (χ0) is 12.3. The van der Waals surface area contributed by atoms with Crippen molar-refractivity contribution in [1.82, 2.24) is 15.2 Å². The van der Waals surface area contributed by atoms with Crippen LogP contribution in [-0.4, -0.2) is 35.9 Å². The second kappa shape index (κ2) is 5.41. The van der Waals surface area contributed by atoms with E-state index in [0.29, 0.717) is 0 Å². The van der Waals surface area contributed by atoms with Crippen molar-refractivity contribution in [3.63, 3.8) is 0 Å². The summed E-state index contributed by atoms with van der Waals surface area (Å²) in [6.45, 7) is 5.88. The van der Waals surface area contributed by atoms with Gasteiger partial charge in [0.05, 0.1) is 16.7 Å². The number of nitrogens with zero attached hydrogens (tertiary/aromatic N) is 2. The van der Waals surface area contributed by atoms with Gasteiger partial charge in [0.1, 0.15) is 0 Å². The van der Waals surface area contributed by atoms with Crippen LogP contribution in [0.4, 0.5) is 0 Å². The number of likely N-dealkylation sites (N-methyl/N-ethyl adjacent to an activating group) is 1. The first-order valence-electron chi connectivity index (χ1n) is 5.31. The highest BCUT2D eigenvalue weighted by Gasteiger charge is 2.18. The molecule has 1 heterocycles. The van der Waals surface area contributed by atoms with E-state index >= 15 is 0 Å². The molecule has 16 heavy (non-hydrogen) atoms. The smallest absolute Gasteiger partial charge is 0.238 e. The van der Waals surface area contributed by atoms with Gasteiger partial charge in [0.25, 0.3) is 0 Å². The molecule has 1 amide bonds. The van der Waals surface area contributed by atoms with Crippen LogP contribution in [0.25, 0.3) is 0 Å². The van der Waals surface area contributed by atoms with Crippen LogP contribution in [-0.2, 0) is 4.79 Å².